The zero-order valence-corrected chi connectivity index (χ0v) is 12.7. The lowest BCUT2D eigenvalue weighted by molar-refractivity contribution is 0.0251. The van der Waals surface area contributed by atoms with Gasteiger partial charge in [0.1, 0.15) is 4.83 Å². The number of fused-ring (bicyclic) bond motifs is 1. The minimum Gasteiger partial charge on any atom is -0.391 e. The number of amides is 1. The summed E-state index contributed by atoms with van der Waals surface area (Å²) in [4.78, 5) is 33.9. The number of aryl methyl sites for hydroxylation is 1. The number of piperidine rings is 1. The number of aliphatic hydroxyl groups is 1. The highest BCUT2D eigenvalue weighted by Gasteiger charge is 2.30. The molecule has 0 aliphatic carbocycles. The van der Waals surface area contributed by atoms with Gasteiger partial charge in [-0.1, -0.05) is 6.92 Å². The van der Waals surface area contributed by atoms with Crippen molar-refractivity contribution in [1.82, 2.24) is 14.9 Å². The summed E-state index contributed by atoms with van der Waals surface area (Å²) in [6.45, 7) is 4.73. The van der Waals surface area contributed by atoms with E-state index < -0.39 is 6.10 Å². The van der Waals surface area contributed by atoms with Crippen molar-refractivity contribution in [1.29, 1.82) is 0 Å². The number of carbonyl (C=O) groups excluding carboxylic acids is 1. The smallest absolute Gasteiger partial charge is 0.264 e. The van der Waals surface area contributed by atoms with Crippen molar-refractivity contribution >= 4 is 27.5 Å². The molecule has 0 saturated carbocycles. The van der Waals surface area contributed by atoms with E-state index in [1.807, 2.05) is 6.92 Å². The Balaban J connectivity index is 1.97. The normalized spacial score (nSPS) is 22.7. The Morgan fingerprint density at radius 3 is 3.00 bits per heavy atom. The Kier molecular flexibility index (Phi) is 3.54. The molecule has 21 heavy (non-hydrogen) atoms. The summed E-state index contributed by atoms with van der Waals surface area (Å²) < 4.78 is 0. The van der Waals surface area contributed by atoms with Crippen LogP contribution >= 0.6 is 11.3 Å². The lowest BCUT2D eigenvalue weighted by Crippen LogP contribution is -2.45. The Bertz CT molecular complexity index is 751. The van der Waals surface area contributed by atoms with E-state index in [1.165, 1.54) is 17.7 Å². The predicted octanol–water partition coefficient (Wildman–Crippen LogP) is 1.14. The van der Waals surface area contributed by atoms with Crippen molar-refractivity contribution in [3.8, 4) is 0 Å². The van der Waals surface area contributed by atoms with Gasteiger partial charge in [-0.3, -0.25) is 9.59 Å². The molecular weight excluding hydrogens is 290 g/mol. The molecule has 0 radical (unpaired) electrons. The number of thiophene rings is 1. The van der Waals surface area contributed by atoms with Crippen molar-refractivity contribution in [2.75, 3.05) is 13.1 Å². The van der Waals surface area contributed by atoms with E-state index >= 15 is 0 Å². The van der Waals surface area contributed by atoms with E-state index in [0.717, 1.165) is 6.42 Å². The number of carbonyl (C=O) groups is 1. The number of aromatic amines is 1. The molecule has 1 aliphatic heterocycles. The van der Waals surface area contributed by atoms with Crippen LogP contribution in [-0.4, -0.2) is 45.1 Å². The lowest BCUT2D eigenvalue weighted by atomic mass is 9.96. The maximum absolute atomic E-state index is 12.6. The second-order valence-corrected chi connectivity index (χ2v) is 6.55. The molecule has 1 fully saturated rings. The fourth-order valence-corrected chi connectivity index (χ4v) is 3.78. The fraction of sp³-hybridized carbons (Fsp3) is 0.500. The zero-order valence-electron chi connectivity index (χ0n) is 11.9. The quantitative estimate of drug-likeness (QED) is 0.827. The predicted molar refractivity (Wildman–Crippen MR) is 80.7 cm³/mol. The van der Waals surface area contributed by atoms with E-state index in [0.29, 0.717) is 33.7 Å². The van der Waals surface area contributed by atoms with Crippen LogP contribution in [0.25, 0.3) is 10.2 Å². The van der Waals surface area contributed by atoms with E-state index in [4.69, 9.17) is 0 Å². The zero-order chi connectivity index (χ0) is 15.1. The van der Waals surface area contributed by atoms with E-state index in [2.05, 4.69) is 9.97 Å². The number of nitrogens with one attached hydrogen (secondary N) is 1. The first-order chi connectivity index (χ1) is 9.99. The van der Waals surface area contributed by atoms with Gasteiger partial charge in [-0.05, 0) is 24.8 Å². The topological polar surface area (TPSA) is 86.3 Å². The Morgan fingerprint density at radius 2 is 2.33 bits per heavy atom. The van der Waals surface area contributed by atoms with Crippen LogP contribution in [0.3, 0.4) is 0 Å². The molecule has 1 saturated heterocycles. The molecule has 7 heteroatoms. The van der Waals surface area contributed by atoms with Gasteiger partial charge in [0.05, 0.1) is 22.7 Å². The number of H-pyrrole nitrogens is 1. The molecule has 0 aromatic carbocycles. The van der Waals surface area contributed by atoms with Gasteiger partial charge < -0.3 is 15.0 Å². The second-order valence-electron chi connectivity index (χ2n) is 5.55. The summed E-state index contributed by atoms with van der Waals surface area (Å²) in [6, 6.07) is 0. The average molecular weight is 307 g/mol. The lowest BCUT2D eigenvalue weighted by Gasteiger charge is -2.34. The van der Waals surface area contributed by atoms with Gasteiger partial charge in [-0.15, -0.1) is 11.3 Å². The molecule has 1 aliphatic rings. The third-order valence-corrected chi connectivity index (χ3v) is 5.32. The summed E-state index contributed by atoms with van der Waals surface area (Å²) in [5.41, 5.74) is 0.447. The molecule has 1 amide bonds. The van der Waals surface area contributed by atoms with Crippen LogP contribution in [0.5, 0.6) is 0 Å². The SMILES string of the molecule is Cc1c(C(=O)N2CCC(C)C(O)C2)sc2nc[nH]c(=O)c12. The van der Waals surface area contributed by atoms with Crippen molar-refractivity contribution in [2.45, 2.75) is 26.4 Å². The van der Waals surface area contributed by atoms with Crippen LogP contribution < -0.4 is 5.56 Å². The monoisotopic (exact) mass is 307 g/mol. The molecule has 2 aromatic heterocycles. The summed E-state index contributed by atoms with van der Waals surface area (Å²) >= 11 is 1.24. The maximum atomic E-state index is 12.6. The highest BCUT2D eigenvalue weighted by molar-refractivity contribution is 7.20. The van der Waals surface area contributed by atoms with E-state index in [-0.39, 0.29) is 17.4 Å². The summed E-state index contributed by atoms with van der Waals surface area (Å²) in [5.74, 6) is 0.0860. The van der Waals surface area contributed by atoms with Crippen molar-refractivity contribution in [3.63, 3.8) is 0 Å². The summed E-state index contributed by atoms with van der Waals surface area (Å²) in [7, 11) is 0. The Labute approximate surface area is 125 Å². The van der Waals surface area contributed by atoms with Gasteiger partial charge >= 0.3 is 0 Å². The third kappa shape index (κ3) is 2.36. The standard InChI is InChI=1S/C14H17N3O3S/c1-7-3-4-17(5-9(7)18)14(20)11-8(2)10-12(19)15-6-16-13(10)21-11/h6-7,9,18H,3-5H2,1-2H3,(H,15,16,19). The van der Waals surface area contributed by atoms with Gasteiger partial charge in [0.15, 0.2) is 0 Å². The highest BCUT2D eigenvalue weighted by Crippen LogP contribution is 2.29. The van der Waals surface area contributed by atoms with Crippen molar-refractivity contribution < 1.29 is 9.90 Å². The summed E-state index contributed by atoms with van der Waals surface area (Å²) in [6.07, 6.45) is 1.65. The first kappa shape index (κ1) is 14.2. The minimum absolute atomic E-state index is 0.124. The first-order valence-electron chi connectivity index (χ1n) is 6.93. The van der Waals surface area contributed by atoms with Crippen LogP contribution in [0.15, 0.2) is 11.1 Å². The largest absolute Gasteiger partial charge is 0.391 e. The van der Waals surface area contributed by atoms with Gasteiger partial charge in [0.2, 0.25) is 0 Å². The van der Waals surface area contributed by atoms with E-state index in [1.54, 1.807) is 11.8 Å². The molecule has 2 aromatic rings. The Morgan fingerprint density at radius 1 is 1.57 bits per heavy atom. The minimum atomic E-state index is -0.487. The molecule has 3 heterocycles. The van der Waals surface area contributed by atoms with Crippen LogP contribution in [0, 0.1) is 12.8 Å². The van der Waals surface area contributed by atoms with E-state index in [9.17, 15) is 14.7 Å². The molecule has 112 valence electrons. The number of aromatic nitrogens is 2. The molecule has 0 spiro atoms. The molecular formula is C14H17N3O3S. The molecule has 2 N–H and O–H groups in total. The molecule has 6 nitrogen and oxygen atoms in total. The maximum Gasteiger partial charge on any atom is 0.264 e. The number of β-amino-alcohol motifs (C(OH)–C–C–N with tert-alkyl or cyclic N) is 1. The third-order valence-electron chi connectivity index (χ3n) is 4.13. The number of likely N-dealkylation sites (tertiary alicyclic amines) is 1. The highest BCUT2D eigenvalue weighted by atomic mass is 32.1. The first-order valence-corrected chi connectivity index (χ1v) is 7.74. The van der Waals surface area contributed by atoms with Crippen LogP contribution in [0.2, 0.25) is 0 Å². The molecule has 2 unspecified atom stereocenters. The fourth-order valence-electron chi connectivity index (χ4n) is 2.66. The molecule has 3 rings (SSSR count). The van der Waals surface area contributed by atoms with Gasteiger partial charge in [-0.2, -0.15) is 0 Å². The number of nitrogens with zero attached hydrogens (tertiary/aromatic N) is 2. The summed E-state index contributed by atoms with van der Waals surface area (Å²) in [5, 5.41) is 10.4. The van der Waals surface area contributed by atoms with Gasteiger partial charge in [0.25, 0.3) is 11.5 Å². The molecule has 2 atom stereocenters. The second kappa shape index (κ2) is 5.23. The van der Waals surface area contributed by atoms with Crippen LogP contribution in [0.1, 0.15) is 28.6 Å². The number of hydrogen-bond acceptors (Lipinski definition) is 5. The number of aliphatic hydroxyl groups excluding tert-OH is 1. The van der Waals surface area contributed by atoms with Crippen molar-refractivity contribution in [2.24, 2.45) is 5.92 Å². The van der Waals surface area contributed by atoms with Crippen LogP contribution in [-0.2, 0) is 0 Å². The average Bonchev–Trinajstić information content (AvgIpc) is 2.80. The number of hydrogen-bond donors (Lipinski definition) is 2. The van der Waals surface area contributed by atoms with Gasteiger partial charge in [0, 0.05) is 13.1 Å². The number of rotatable bonds is 1. The van der Waals surface area contributed by atoms with Crippen molar-refractivity contribution in [3.05, 3.63) is 27.1 Å². The van der Waals surface area contributed by atoms with Gasteiger partial charge in [-0.25, -0.2) is 4.98 Å². The Hall–Kier alpha value is -1.73. The molecule has 0 bridgehead atoms. The van der Waals surface area contributed by atoms with Crippen LogP contribution in [0.4, 0.5) is 0 Å².